The summed E-state index contributed by atoms with van der Waals surface area (Å²) in [4.78, 5) is 27.0. The second kappa shape index (κ2) is 12.7. The SMILES string of the molecule is CCN(CC)CC(=O)Nc1ccc(CN2N=C(c3ccc(OC)c(OC4CCCC4)c3)CCC2=O)cc1. The van der Waals surface area contributed by atoms with Crippen LogP contribution in [-0.4, -0.2) is 60.3 Å². The Bertz CT molecular complexity index is 1110. The number of ether oxygens (including phenoxy) is 2. The summed E-state index contributed by atoms with van der Waals surface area (Å²) in [6.07, 6.45) is 5.73. The van der Waals surface area contributed by atoms with Crippen LogP contribution < -0.4 is 14.8 Å². The molecule has 8 heteroatoms. The molecule has 37 heavy (non-hydrogen) atoms. The van der Waals surface area contributed by atoms with Crippen LogP contribution in [-0.2, 0) is 16.1 Å². The van der Waals surface area contributed by atoms with Gasteiger partial charge in [-0.15, -0.1) is 0 Å². The third-order valence-corrected chi connectivity index (χ3v) is 7.03. The first-order valence-corrected chi connectivity index (χ1v) is 13.3. The second-order valence-corrected chi connectivity index (χ2v) is 9.59. The number of rotatable bonds is 11. The fourth-order valence-corrected chi connectivity index (χ4v) is 4.78. The average molecular weight is 507 g/mol. The fourth-order valence-electron chi connectivity index (χ4n) is 4.78. The Morgan fingerprint density at radius 2 is 1.78 bits per heavy atom. The maximum Gasteiger partial charge on any atom is 0.243 e. The van der Waals surface area contributed by atoms with Gasteiger partial charge >= 0.3 is 0 Å². The van der Waals surface area contributed by atoms with E-state index in [0.29, 0.717) is 31.7 Å². The van der Waals surface area contributed by atoms with Crippen LogP contribution in [0.4, 0.5) is 5.69 Å². The van der Waals surface area contributed by atoms with Crippen LogP contribution in [0.2, 0.25) is 0 Å². The largest absolute Gasteiger partial charge is 0.493 e. The van der Waals surface area contributed by atoms with Gasteiger partial charge in [-0.3, -0.25) is 14.5 Å². The summed E-state index contributed by atoms with van der Waals surface area (Å²) < 4.78 is 11.8. The summed E-state index contributed by atoms with van der Waals surface area (Å²) in [6, 6.07) is 13.4. The number of likely N-dealkylation sites (N-methyl/N-ethyl adjacent to an activating group) is 1. The third-order valence-electron chi connectivity index (χ3n) is 7.03. The third kappa shape index (κ3) is 7.10. The fraction of sp³-hybridized carbons (Fsp3) is 0.483. The second-order valence-electron chi connectivity index (χ2n) is 9.59. The van der Waals surface area contributed by atoms with Gasteiger partial charge < -0.3 is 14.8 Å². The Balaban J connectivity index is 1.43. The molecule has 0 radical (unpaired) electrons. The summed E-state index contributed by atoms with van der Waals surface area (Å²) in [5.41, 5.74) is 3.49. The van der Waals surface area contributed by atoms with Crippen molar-refractivity contribution < 1.29 is 19.1 Å². The topological polar surface area (TPSA) is 83.5 Å². The maximum absolute atomic E-state index is 12.7. The summed E-state index contributed by atoms with van der Waals surface area (Å²) in [5, 5.41) is 9.18. The van der Waals surface area contributed by atoms with Crippen LogP contribution in [0.5, 0.6) is 11.5 Å². The van der Waals surface area contributed by atoms with Gasteiger partial charge in [0, 0.05) is 24.1 Å². The van der Waals surface area contributed by atoms with Crippen LogP contribution in [0.1, 0.15) is 63.5 Å². The van der Waals surface area contributed by atoms with Gasteiger partial charge in [0.05, 0.1) is 32.0 Å². The minimum Gasteiger partial charge on any atom is -0.493 e. The molecule has 0 bridgehead atoms. The molecule has 2 aromatic carbocycles. The van der Waals surface area contributed by atoms with Gasteiger partial charge in [-0.2, -0.15) is 5.10 Å². The lowest BCUT2D eigenvalue weighted by atomic mass is 10.0. The maximum atomic E-state index is 12.7. The van der Waals surface area contributed by atoms with Gasteiger partial charge in [0.15, 0.2) is 11.5 Å². The normalized spacial score (nSPS) is 16.2. The molecule has 2 aliphatic rings. The number of amides is 2. The Morgan fingerprint density at radius 3 is 2.46 bits per heavy atom. The van der Waals surface area contributed by atoms with E-state index in [-0.39, 0.29) is 17.9 Å². The zero-order chi connectivity index (χ0) is 26.2. The number of methoxy groups -OCH3 is 1. The number of benzene rings is 2. The number of hydrazone groups is 1. The summed E-state index contributed by atoms with van der Waals surface area (Å²) >= 11 is 0. The number of nitrogens with one attached hydrogen (secondary N) is 1. The van der Waals surface area contributed by atoms with Gasteiger partial charge in [0.1, 0.15) is 0 Å². The minimum atomic E-state index is -0.0346. The van der Waals surface area contributed by atoms with E-state index in [4.69, 9.17) is 14.6 Å². The van der Waals surface area contributed by atoms with E-state index in [0.717, 1.165) is 54.2 Å². The lowest BCUT2D eigenvalue weighted by Gasteiger charge is -2.24. The molecule has 1 fully saturated rings. The predicted octanol–water partition coefficient (Wildman–Crippen LogP) is 4.82. The molecular weight excluding hydrogens is 468 g/mol. The van der Waals surface area contributed by atoms with Crippen molar-refractivity contribution in [3.63, 3.8) is 0 Å². The number of anilines is 1. The number of nitrogens with zero attached hydrogens (tertiary/aromatic N) is 3. The van der Waals surface area contributed by atoms with E-state index in [1.807, 2.05) is 56.3 Å². The summed E-state index contributed by atoms with van der Waals surface area (Å²) in [5.74, 6) is 1.41. The van der Waals surface area contributed by atoms with Crippen molar-refractivity contribution in [3.05, 3.63) is 53.6 Å². The van der Waals surface area contributed by atoms with Gasteiger partial charge in [0.2, 0.25) is 11.8 Å². The standard InChI is InChI=1S/C29H38N4O4/c1-4-32(5-2)20-28(34)30-23-13-10-21(11-14-23)19-33-29(35)17-15-25(31-33)22-12-16-26(36-3)27(18-22)37-24-8-6-7-9-24/h10-14,16,18,24H,4-9,15,17,19-20H2,1-3H3,(H,30,34). The highest BCUT2D eigenvalue weighted by molar-refractivity contribution is 6.04. The molecule has 1 heterocycles. The van der Waals surface area contributed by atoms with Gasteiger partial charge in [-0.05, 0) is 74.7 Å². The highest BCUT2D eigenvalue weighted by atomic mass is 16.5. The first-order chi connectivity index (χ1) is 18.0. The van der Waals surface area contributed by atoms with E-state index in [2.05, 4.69) is 10.2 Å². The van der Waals surface area contributed by atoms with Crippen molar-refractivity contribution >= 4 is 23.2 Å². The van der Waals surface area contributed by atoms with Crippen molar-refractivity contribution in [2.24, 2.45) is 5.10 Å². The first kappa shape index (κ1) is 26.7. The Labute approximate surface area is 219 Å². The summed E-state index contributed by atoms with van der Waals surface area (Å²) in [6.45, 7) is 6.49. The average Bonchev–Trinajstić information content (AvgIpc) is 3.42. The quantitative estimate of drug-likeness (QED) is 0.472. The molecule has 1 aliphatic carbocycles. The smallest absolute Gasteiger partial charge is 0.243 e. The molecule has 0 aromatic heterocycles. The van der Waals surface area contributed by atoms with E-state index >= 15 is 0 Å². The van der Waals surface area contributed by atoms with Crippen LogP contribution in [0.15, 0.2) is 47.6 Å². The van der Waals surface area contributed by atoms with Crippen LogP contribution >= 0.6 is 0 Å². The van der Waals surface area contributed by atoms with Gasteiger partial charge in [0.25, 0.3) is 0 Å². The van der Waals surface area contributed by atoms with Crippen molar-refractivity contribution in [3.8, 4) is 11.5 Å². The van der Waals surface area contributed by atoms with E-state index in [1.165, 1.54) is 17.9 Å². The molecule has 1 aliphatic heterocycles. The number of hydrogen-bond donors (Lipinski definition) is 1. The van der Waals surface area contributed by atoms with E-state index in [9.17, 15) is 9.59 Å². The molecule has 2 aromatic rings. The number of hydrogen-bond acceptors (Lipinski definition) is 6. The predicted molar refractivity (Wildman–Crippen MR) is 145 cm³/mol. The van der Waals surface area contributed by atoms with E-state index < -0.39 is 0 Å². The Hall–Kier alpha value is -3.39. The lowest BCUT2D eigenvalue weighted by Crippen LogP contribution is -2.33. The van der Waals surface area contributed by atoms with Gasteiger partial charge in [-0.1, -0.05) is 26.0 Å². The highest BCUT2D eigenvalue weighted by Crippen LogP contribution is 2.33. The Morgan fingerprint density at radius 1 is 1.05 bits per heavy atom. The monoisotopic (exact) mass is 506 g/mol. The van der Waals surface area contributed by atoms with Crippen LogP contribution in [0, 0.1) is 0 Å². The molecule has 4 rings (SSSR count). The zero-order valence-corrected chi connectivity index (χ0v) is 22.2. The molecular formula is C29H38N4O4. The molecule has 198 valence electrons. The van der Waals surface area contributed by atoms with Gasteiger partial charge in [-0.25, -0.2) is 5.01 Å². The summed E-state index contributed by atoms with van der Waals surface area (Å²) in [7, 11) is 1.65. The number of carbonyl (C=O) groups excluding carboxylic acids is 2. The van der Waals surface area contributed by atoms with E-state index in [1.54, 1.807) is 7.11 Å². The van der Waals surface area contributed by atoms with Crippen LogP contribution in [0.3, 0.4) is 0 Å². The van der Waals surface area contributed by atoms with Crippen molar-refractivity contribution in [1.29, 1.82) is 0 Å². The van der Waals surface area contributed by atoms with Crippen molar-refractivity contribution in [2.45, 2.75) is 65.0 Å². The van der Waals surface area contributed by atoms with Crippen molar-refractivity contribution in [2.75, 3.05) is 32.1 Å². The Kier molecular flexibility index (Phi) is 9.17. The molecule has 0 atom stereocenters. The minimum absolute atomic E-state index is 0.00343. The molecule has 8 nitrogen and oxygen atoms in total. The molecule has 0 saturated heterocycles. The molecule has 0 unspecified atom stereocenters. The molecule has 0 spiro atoms. The van der Waals surface area contributed by atoms with Crippen LogP contribution in [0.25, 0.3) is 0 Å². The lowest BCUT2D eigenvalue weighted by molar-refractivity contribution is -0.132. The highest BCUT2D eigenvalue weighted by Gasteiger charge is 2.24. The first-order valence-electron chi connectivity index (χ1n) is 13.3. The zero-order valence-electron chi connectivity index (χ0n) is 22.2. The molecule has 1 saturated carbocycles. The number of carbonyl (C=O) groups is 2. The van der Waals surface area contributed by atoms with Crippen molar-refractivity contribution in [1.82, 2.24) is 9.91 Å². The molecule has 1 N–H and O–H groups in total. The molecule has 2 amide bonds.